The highest BCUT2D eigenvalue weighted by atomic mass is 16.3. The molecule has 0 aromatic carbocycles. The van der Waals surface area contributed by atoms with Crippen molar-refractivity contribution < 1.29 is 9.90 Å². The molecule has 2 aliphatic rings. The van der Waals surface area contributed by atoms with E-state index in [1.54, 1.807) is 11.0 Å². The summed E-state index contributed by atoms with van der Waals surface area (Å²) in [6, 6.07) is 11.6. The van der Waals surface area contributed by atoms with Gasteiger partial charge in [-0.3, -0.25) is 19.3 Å². The van der Waals surface area contributed by atoms with Crippen LogP contribution in [0.3, 0.4) is 0 Å². The minimum atomic E-state index is -0.332. The maximum absolute atomic E-state index is 12.8. The number of aliphatic hydroxyl groups excluding tert-OH is 1. The van der Waals surface area contributed by atoms with Gasteiger partial charge in [-0.25, -0.2) is 0 Å². The number of hydrogen-bond donors (Lipinski definition) is 3. The van der Waals surface area contributed by atoms with Gasteiger partial charge in [0.15, 0.2) is 5.82 Å². The standard InChI is InChI=1S/C24H27N9O2/c34-16-8-13-31(14-9-16)22(35)18-15-20(30-29-18)26-23-28-24(27-21-7-4-12-33(21)23)32-11-3-6-19(32)17-5-1-2-10-25-17/h1-2,4-5,7,10,12,15-16,19,34H,3,6,8-9,11,13-14H2,(H2,26,27,28,29,30). The van der Waals surface area contributed by atoms with Gasteiger partial charge < -0.3 is 20.2 Å². The highest BCUT2D eigenvalue weighted by Crippen LogP contribution is 2.34. The summed E-state index contributed by atoms with van der Waals surface area (Å²) in [6.45, 7) is 1.92. The minimum Gasteiger partial charge on any atom is -0.393 e. The van der Waals surface area contributed by atoms with Crippen LogP contribution in [0.5, 0.6) is 0 Å². The van der Waals surface area contributed by atoms with Crippen LogP contribution in [0.2, 0.25) is 0 Å². The molecule has 180 valence electrons. The summed E-state index contributed by atoms with van der Waals surface area (Å²) in [5, 5.41) is 20.1. The molecule has 1 amide bonds. The summed E-state index contributed by atoms with van der Waals surface area (Å²) in [4.78, 5) is 31.0. The quantitative estimate of drug-likeness (QED) is 0.404. The molecule has 2 saturated heterocycles. The van der Waals surface area contributed by atoms with Crippen LogP contribution in [0.4, 0.5) is 17.7 Å². The first-order valence-corrected chi connectivity index (χ1v) is 12.0. The Bertz CT molecular complexity index is 1330. The number of aromatic nitrogens is 6. The molecule has 4 aromatic rings. The van der Waals surface area contributed by atoms with Crippen LogP contribution < -0.4 is 10.2 Å². The van der Waals surface area contributed by atoms with Crippen LogP contribution in [0, 0.1) is 0 Å². The Hall–Kier alpha value is -3.99. The van der Waals surface area contributed by atoms with Crippen LogP contribution in [-0.4, -0.2) is 71.2 Å². The molecule has 0 aliphatic carbocycles. The van der Waals surface area contributed by atoms with Crippen LogP contribution in [0.1, 0.15) is 47.9 Å². The lowest BCUT2D eigenvalue weighted by atomic mass is 10.1. The molecule has 35 heavy (non-hydrogen) atoms. The zero-order chi connectivity index (χ0) is 23.8. The lowest BCUT2D eigenvalue weighted by Gasteiger charge is -2.29. The number of aliphatic hydroxyl groups is 1. The molecule has 4 aromatic heterocycles. The molecule has 6 rings (SSSR count). The van der Waals surface area contributed by atoms with Crippen molar-refractivity contribution in [3.05, 3.63) is 60.2 Å². The molecular weight excluding hydrogens is 446 g/mol. The first-order valence-electron chi connectivity index (χ1n) is 12.0. The summed E-state index contributed by atoms with van der Waals surface area (Å²) < 4.78 is 1.86. The normalized spacial score (nSPS) is 18.9. The van der Waals surface area contributed by atoms with E-state index in [-0.39, 0.29) is 18.1 Å². The number of aromatic amines is 1. The van der Waals surface area contributed by atoms with Crippen molar-refractivity contribution in [3.8, 4) is 0 Å². The minimum absolute atomic E-state index is 0.123. The van der Waals surface area contributed by atoms with E-state index in [0.29, 0.717) is 49.3 Å². The van der Waals surface area contributed by atoms with E-state index >= 15 is 0 Å². The zero-order valence-electron chi connectivity index (χ0n) is 19.2. The number of amides is 1. The molecule has 0 saturated carbocycles. The summed E-state index contributed by atoms with van der Waals surface area (Å²) >= 11 is 0. The molecule has 11 nitrogen and oxygen atoms in total. The average Bonchev–Trinajstić information content (AvgIpc) is 3.65. The smallest absolute Gasteiger partial charge is 0.271 e. The number of anilines is 3. The van der Waals surface area contributed by atoms with E-state index in [0.717, 1.165) is 30.7 Å². The number of piperidine rings is 1. The van der Waals surface area contributed by atoms with E-state index in [4.69, 9.17) is 9.97 Å². The topological polar surface area (TPSA) is 128 Å². The molecule has 0 radical (unpaired) electrons. The van der Waals surface area contributed by atoms with E-state index in [2.05, 4.69) is 25.4 Å². The van der Waals surface area contributed by atoms with Gasteiger partial charge in [0.2, 0.25) is 11.9 Å². The Labute approximate surface area is 201 Å². The van der Waals surface area contributed by atoms with Gasteiger partial charge in [0.05, 0.1) is 17.8 Å². The van der Waals surface area contributed by atoms with E-state index in [1.165, 1.54) is 0 Å². The molecular formula is C24H27N9O2. The fraction of sp³-hybridized carbons (Fsp3) is 0.375. The molecule has 0 bridgehead atoms. The number of nitrogens with one attached hydrogen (secondary N) is 2. The van der Waals surface area contributed by atoms with Crippen LogP contribution in [0.25, 0.3) is 5.65 Å². The second-order valence-corrected chi connectivity index (χ2v) is 9.00. The number of fused-ring (bicyclic) bond motifs is 1. The zero-order valence-corrected chi connectivity index (χ0v) is 19.2. The first-order chi connectivity index (χ1) is 17.2. The van der Waals surface area contributed by atoms with Crippen molar-refractivity contribution in [2.75, 3.05) is 29.9 Å². The number of pyridine rings is 1. The predicted molar refractivity (Wildman–Crippen MR) is 130 cm³/mol. The van der Waals surface area contributed by atoms with Gasteiger partial charge in [0, 0.05) is 38.1 Å². The number of rotatable bonds is 5. The largest absolute Gasteiger partial charge is 0.393 e. The SMILES string of the molecule is O=C(c1cc(Nc2nc(N3CCCC3c3ccccn3)nc3cccn23)n[nH]1)N1CCC(O)CC1. The third-order valence-corrected chi connectivity index (χ3v) is 6.71. The fourth-order valence-electron chi connectivity index (χ4n) is 4.87. The Morgan fingerprint density at radius 3 is 2.80 bits per heavy atom. The Kier molecular flexibility index (Phi) is 5.53. The highest BCUT2D eigenvalue weighted by molar-refractivity contribution is 5.93. The number of carbonyl (C=O) groups is 1. The molecule has 2 aliphatic heterocycles. The van der Waals surface area contributed by atoms with Gasteiger partial charge in [-0.2, -0.15) is 15.1 Å². The maximum Gasteiger partial charge on any atom is 0.271 e. The maximum atomic E-state index is 12.8. The van der Waals surface area contributed by atoms with Gasteiger partial charge in [-0.1, -0.05) is 6.07 Å². The molecule has 6 heterocycles. The highest BCUT2D eigenvalue weighted by Gasteiger charge is 2.30. The van der Waals surface area contributed by atoms with Crippen molar-refractivity contribution in [3.63, 3.8) is 0 Å². The van der Waals surface area contributed by atoms with Crippen molar-refractivity contribution in [1.29, 1.82) is 0 Å². The van der Waals surface area contributed by atoms with E-state index in [1.807, 2.05) is 47.1 Å². The van der Waals surface area contributed by atoms with E-state index in [9.17, 15) is 9.90 Å². The number of likely N-dealkylation sites (tertiary alicyclic amines) is 1. The van der Waals surface area contributed by atoms with Gasteiger partial charge in [0.1, 0.15) is 11.3 Å². The Morgan fingerprint density at radius 2 is 1.97 bits per heavy atom. The molecule has 2 fully saturated rings. The third kappa shape index (κ3) is 4.18. The molecule has 3 N–H and O–H groups in total. The first kappa shape index (κ1) is 21.5. The lowest BCUT2D eigenvalue weighted by molar-refractivity contribution is 0.0541. The van der Waals surface area contributed by atoms with E-state index < -0.39 is 0 Å². The van der Waals surface area contributed by atoms with Crippen LogP contribution in [0.15, 0.2) is 48.8 Å². The second-order valence-electron chi connectivity index (χ2n) is 9.00. The summed E-state index contributed by atoms with van der Waals surface area (Å²) in [5.41, 5.74) is 2.18. The monoisotopic (exact) mass is 473 g/mol. The number of H-pyrrole nitrogens is 1. The number of carbonyl (C=O) groups excluding carboxylic acids is 1. The van der Waals surface area contributed by atoms with Gasteiger partial charge in [-0.05, 0) is 49.9 Å². The fourth-order valence-corrected chi connectivity index (χ4v) is 4.87. The molecule has 11 heteroatoms. The van der Waals surface area contributed by atoms with Crippen molar-refractivity contribution >= 4 is 29.3 Å². The second kappa shape index (κ2) is 8.99. The summed E-state index contributed by atoms with van der Waals surface area (Å²) in [7, 11) is 0. The Morgan fingerprint density at radius 1 is 1.09 bits per heavy atom. The average molecular weight is 474 g/mol. The Balaban J connectivity index is 1.26. The number of nitrogens with zero attached hydrogens (tertiary/aromatic N) is 7. The van der Waals surface area contributed by atoms with Crippen LogP contribution in [-0.2, 0) is 0 Å². The molecule has 1 unspecified atom stereocenters. The lowest BCUT2D eigenvalue weighted by Crippen LogP contribution is -2.40. The van der Waals surface area contributed by atoms with Gasteiger partial charge in [-0.15, -0.1) is 0 Å². The van der Waals surface area contributed by atoms with Crippen molar-refractivity contribution in [2.45, 2.75) is 37.8 Å². The van der Waals surface area contributed by atoms with Gasteiger partial charge >= 0.3 is 0 Å². The van der Waals surface area contributed by atoms with Crippen molar-refractivity contribution in [2.24, 2.45) is 0 Å². The van der Waals surface area contributed by atoms with Gasteiger partial charge in [0.25, 0.3) is 5.91 Å². The third-order valence-electron chi connectivity index (χ3n) is 6.71. The molecule has 0 spiro atoms. The van der Waals surface area contributed by atoms with Crippen molar-refractivity contribution in [1.82, 2.24) is 34.4 Å². The van der Waals surface area contributed by atoms with Crippen LogP contribution >= 0.6 is 0 Å². The summed E-state index contributed by atoms with van der Waals surface area (Å²) in [5.74, 6) is 1.56. The molecule has 1 atom stereocenters. The predicted octanol–water partition coefficient (Wildman–Crippen LogP) is 2.53. The number of hydrogen-bond acceptors (Lipinski definition) is 8. The summed E-state index contributed by atoms with van der Waals surface area (Å²) in [6.07, 6.45) is 6.60.